The van der Waals surface area contributed by atoms with Gasteiger partial charge in [-0.25, -0.2) is 4.79 Å². The highest BCUT2D eigenvalue weighted by atomic mass is 16.5. The third-order valence-electron chi connectivity index (χ3n) is 4.34. The molecule has 6 nitrogen and oxygen atoms in total. The average molecular weight is 379 g/mol. The van der Waals surface area contributed by atoms with E-state index in [4.69, 9.17) is 9.47 Å². The molecule has 28 heavy (non-hydrogen) atoms. The molecule has 1 heterocycles. The minimum Gasteiger partial charge on any atom is -0.488 e. The van der Waals surface area contributed by atoms with Gasteiger partial charge in [-0.15, -0.1) is 0 Å². The Bertz CT molecular complexity index is 904. The van der Waals surface area contributed by atoms with Crippen LogP contribution in [0.25, 0.3) is 6.08 Å². The number of hydrogen-bond acceptors (Lipinski definition) is 5. The number of Topliss-reactive ketones (excluding diaryl/α,β-unsaturated/α-hetero) is 1. The highest BCUT2D eigenvalue weighted by Crippen LogP contribution is 2.26. The largest absolute Gasteiger partial charge is 0.488 e. The molecule has 0 saturated carbocycles. The first kappa shape index (κ1) is 19.4. The van der Waals surface area contributed by atoms with E-state index in [2.05, 4.69) is 5.32 Å². The van der Waals surface area contributed by atoms with Gasteiger partial charge in [0.15, 0.2) is 12.4 Å². The van der Waals surface area contributed by atoms with Crippen LogP contribution >= 0.6 is 0 Å². The van der Waals surface area contributed by atoms with Crippen molar-refractivity contribution in [1.29, 1.82) is 0 Å². The second-order valence-corrected chi connectivity index (χ2v) is 6.49. The smallest absolute Gasteiger partial charge is 0.338 e. The summed E-state index contributed by atoms with van der Waals surface area (Å²) in [6.45, 7) is 1.04. The molecule has 1 amide bonds. The number of amides is 1. The van der Waals surface area contributed by atoms with Crippen LogP contribution in [-0.4, -0.2) is 36.9 Å². The van der Waals surface area contributed by atoms with E-state index in [1.807, 2.05) is 54.6 Å². The molecule has 3 rings (SSSR count). The molecule has 0 aliphatic carbocycles. The molecular formula is C22H21NO5. The molecule has 0 saturated heterocycles. The van der Waals surface area contributed by atoms with E-state index in [0.29, 0.717) is 17.7 Å². The molecule has 0 bridgehead atoms. The van der Waals surface area contributed by atoms with Gasteiger partial charge in [0, 0.05) is 5.56 Å². The monoisotopic (exact) mass is 379 g/mol. The van der Waals surface area contributed by atoms with Crippen LogP contribution in [0.5, 0.6) is 5.75 Å². The van der Waals surface area contributed by atoms with E-state index in [9.17, 15) is 14.4 Å². The van der Waals surface area contributed by atoms with E-state index in [1.54, 1.807) is 6.08 Å². The number of carbonyl (C=O) groups excluding carboxylic acids is 3. The fourth-order valence-electron chi connectivity index (χ4n) is 2.84. The summed E-state index contributed by atoms with van der Waals surface area (Å²) in [5, 5.41) is 2.62. The predicted octanol–water partition coefficient (Wildman–Crippen LogP) is 2.32. The van der Waals surface area contributed by atoms with Gasteiger partial charge >= 0.3 is 5.97 Å². The molecule has 1 aliphatic rings. The number of carbonyl (C=O) groups is 3. The minimum absolute atomic E-state index is 0.0849. The Hall–Kier alpha value is -3.41. The van der Waals surface area contributed by atoms with Gasteiger partial charge in [0.25, 0.3) is 5.91 Å². The van der Waals surface area contributed by atoms with Crippen LogP contribution in [0, 0.1) is 0 Å². The number of nitrogens with one attached hydrogen (secondary N) is 1. The van der Waals surface area contributed by atoms with Crippen molar-refractivity contribution < 1.29 is 23.9 Å². The summed E-state index contributed by atoms with van der Waals surface area (Å²) >= 11 is 0. The summed E-state index contributed by atoms with van der Waals surface area (Å²) in [5.41, 5.74) is 2.05. The lowest BCUT2D eigenvalue weighted by Gasteiger charge is -2.18. The highest BCUT2D eigenvalue weighted by molar-refractivity contribution is 5.96. The standard InChI is InChI=1S/C22H21NO5/c1-15(24)19(11-16-7-3-2-4-8-16)23-21(25)14-28-22(26)18-12-17-9-5-6-10-20(17)27-13-18/h2-10,12,19H,11,13-14H2,1H3,(H,23,25)/t19-/m1/s1. The zero-order valence-corrected chi connectivity index (χ0v) is 15.5. The second-order valence-electron chi connectivity index (χ2n) is 6.49. The second kappa shape index (κ2) is 8.99. The van der Waals surface area contributed by atoms with Crippen LogP contribution in [0.4, 0.5) is 0 Å². The number of fused-ring (bicyclic) bond motifs is 1. The van der Waals surface area contributed by atoms with Gasteiger partial charge in [-0.3, -0.25) is 9.59 Å². The Morgan fingerprint density at radius 1 is 1.07 bits per heavy atom. The van der Waals surface area contributed by atoms with Crippen molar-refractivity contribution >= 4 is 23.7 Å². The zero-order valence-electron chi connectivity index (χ0n) is 15.5. The first-order chi connectivity index (χ1) is 13.5. The third-order valence-corrected chi connectivity index (χ3v) is 4.34. The van der Waals surface area contributed by atoms with Crippen LogP contribution in [-0.2, 0) is 25.5 Å². The van der Waals surface area contributed by atoms with Crippen LogP contribution < -0.4 is 10.1 Å². The molecule has 0 spiro atoms. The number of hydrogen-bond donors (Lipinski definition) is 1. The van der Waals surface area contributed by atoms with Crippen molar-refractivity contribution in [2.75, 3.05) is 13.2 Å². The molecule has 2 aromatic rings. The molecule has 0 unspecified atom stereocenters. The van der Waals surface area contributed by atoms with Gasteiger partial charge in [-0.05, 0) is 31.1 Å². The predicted molar refractivity (Wildman–Crippen MR) is 104 cm³/mol. The zero-order chi connectivity index (χ0) is 19.9. The Labute approximate surface area is 163 Å². The van der Waals surface area contributed by atoms with Gasteiger partial charge in [0.05, 0.1) is 11.6 Å². The summed E-state index contributed by atoms with van der Waals surface area (Å²) < 4.78 is 10.6. The maximum absolute atomic E-state index is 12.2. The van der Waals surface area contributed by atoms with Crippen molar-refractivity contribution in [2.45, 2.75) is 19.4 Å². The van der Waals surface area contributed by atoms with E-state index in [0.717, 1.165) is 11.1 Å². The van der Waals surface area contributed by atoms with E-state index < -0.39 is 24.5 Å². The Balaban J connectivity index is 1.54. The summed E-state index contributed by atoms with van der Waals surface area (Å²) in [6.07, 6.45) is 2.07. The minimum atomic E-state index is -0.669. The summed E-state index contributed by atoms with van der Waals surface area (Å²) in [6, 6.07) is 16.1. The SMILES string of the molecule is CC(=O)[C@@H](Cc1ccccc1)NC(=O)COC(=O)C1=Cc2ccccc2OC1. The van der Waals surface area contributed by atoms with Crippen LogP contribution in [0.1, 0.15) is 18.1 Å². The van der Waals surface area contributed by atoms with Crippen LogP contribution in [0.15, 0.2) is 60.2 Å². The number of para-hydroxylation sites is 1. The highest BCUT2D eigenvalue weighted by Gasteiger charge is 2.21. The molecular weight excluding hydrogens is 358 g/mol. The van der Waals surface area contributed by atoms with Crippen molar-refractivity contribution in [3.8, 4) is 5.75 Å². The maximum atomic E-state index is 12.2. The fraction of sp³-hybridized carbons (Fsp3) is 0.227. The lowest BCUT2D eigenvalue weighted by Crippen LogP contribution is -2.43. The lowest BCUT2D eigenvalue weighted by atomic mass is 10.0. The first-order valence-electron chi connectivity index (χ1n) is 8.96. The molecule has 6 heteroatoms. The normalized spacial score (nSPS) is 13.4. The molecule has 2 aromatic carbocycles. The van der Waals surface area contributed by atoms with Crippen molar-refractivity contribution in [1.82, 2.24) is 5.32 Å². The summed E-state index contributed by atoms with van der Waals surface area (Å²) in [7, 11) is 0. The average Bonchev–Trinajstić information content (AvgIpc) is 2.72. The van der Waals surface area contributed by atoms with E-state index >= 15 is 0 Å². The summed E-state index contributed by atoms with van der Waals surface area (Å²) in [4.78, 5) is 36.2. The number of esters is 1. The Kier molecular flexibility index (Phi) is 6.22. The molecule has 0 fully saturated rings. The maximum Gasteiger partial charge on any atom is 0.338 e. The first-order valence-corrected chi connectivity index (χ1v) is 8.96. The van der Waals surface area contributed by atoms with Gasteiger partial charge in [0.2, 0.25) is 0 Å². The molecule has 1 aliphatic heterocycles. The Morgan fingerprint density at radius 3 is 2.54 bits per heavy atom. The molecule has 1 N–H and O–H groups in total. The molecule has 1 atom stereocenters. The van der Waals surface area contributed by atoms with Crippen LogP contribution in [0.3, 0.4) is 0 Å². The van der Waals surface area contributed by atoms with Gasteiger partial charge < -0.3 is 14.8 Å². The van der Waals surface area contributed by atoms with Crippen molar-refractivity contribution in [3.05, 3.63) is 71.3 Å². The fourth-order valence-corrected chi connectivity index (χ4v) is 2.84. The van der Waals surface area contributed by atoms with E-state index in [1.165, 1.54) is 6.92 Å². The molecule has 0 aromatic heterocycles. The molecule has 144 valence electrons. The lowest BCUT2D eigenvalue weighted by molar-refractivity contribution is -0.145. The quantitative estimate of drug-likeness (QED) is 0.747. The molecule has 0 radical (unpaired) electrons. The summed E-state index contributed by atoms with van der Waals surface area (Å²) in [5.74, 6) is -0.611. The van der Waals surface area contributed by atoms with Crippen LogP contribution in [0.2, 0.25) is 0 Å². The van der Waals surface area contributed by atoms with Crippen molar-refractivity contribution in [3.63, 3.8) is 0 Å². The third kappa shape index (κ3) is 5.07. The van der Waals surface area contributed by atoms with Gasteiger partial charge in [-0.2, -0.15) is 0 Å². The number of ether oxygens (including phenoxy) is 2. The number of benzene rings is 2. The topological polar surface area (TPSA) is 81.7 Å². The van der Waals surface area contributed by atoms with E-state index in [-0.39, 0.29) is 12.4 Å². The number of ketones is 1. The number of rotatable bonds is 7. The van der Waals surface area contributed by atoms with Crippen molar-refractivity contribution in [2.24, 2.45) is 0 Å². The van der Waals surface area contributed by atoms with Gasteiger partial charge in [-0.1, -0.05) is 48.5 Å². The Morgan fingerprint density at radius 2 is 1.79 bits per heavy atom. The van der Waals surface area contributed by atoms with Gasteiger partial charge in [0.1, 0.15) is 12.4 Å².